The molecule has 2 fully saturated rings. The zero-order valence-electron chi connectivity index (χ0n) is 10.0. The summed E-state index contributed by atoms with van der Waals surface area (Å²) in [4.78, 5) is 13.0. The minimum Gasteiger partial charge on any atom is -0.335 e. The van der Waals surface area contributed by atoms with Crippen molar-refractivity contribution in [2.75, 3.05) is 19.6 Å². The Kier molecular flexibility index (Phi) is 4.95. The number of amides is 1. The summed E-state index contributed by atoms with van der Waals surface area (Å²) in [6, 6.07) is 0.288. The second-order valence-electron chi connectivity index (χ2n) is 5.00. The number of carbonyl (C=O) groups is 1. The van der Waals surface area contributed by atoms with Crippen LogP contribution in [0, 0.1) is 5.92 Å². The van der Waals surface area contributed by atoms with Crippen molar-refractivity contribution < 1.29 is 4.79 Å². The van der Waals surface area contributed by atoms with Gasteiger partial charge in [0.05, 0.1) is 0 Å². The maximum absolute atomic E-state index is 12.0. The van der Waals surface area contributed by atoms with E-state index in [1.54, 1.807) is 0 Å². The highest BCUT2D eigenvalue weighted by atomic mass is 35.5. The maximum Gasteiger partial charge on any atom is 0.256 e. The van der Waals surface area contributed by atoms with Crippen molar-refractivity contribution in [3.8, 4) is 0 Å². The van der Waals surface area contributed by atoms with Gasteiger partial charge in [0, 0.05) is 25.7 Å². The largest absolute Gasteiger partial charge is 0.335 e. The Bertz CT molecular complexity index is 267. The lowest BCUT2D eigenvalue weighted by Gasteiger charge is -2.42. The Balaban J connectivity index is 2.03. The molecule has 0 radical (unpaired) electrons. The molecule has 0 spiro atoms. The molecule has 1 saturated carbocycles. The number of alkyl halides is 2. The van der Waals surface area contributed by atoms with Crippen LogP contribution in [0.4, 0.5) is 0 Å². The number of piperazine rings is 1. The van der Waals surface area contributed by atoms with Crippen LogP contribution in [0.25, 0.3) is 0 Å². The Labute approximate surface area is 113 Å². The highest BCUT2D eigenvalue weighted by molar-refractivity contribution is 6.53. The van der Waals surface area contributed by atoms with Crippen molar-refractivity contribution in [3.63, 3.8) is 0 Å². The standard InChI is InChI=1S/C12H20Cl2N2O/c13-11(14)12(17)16-7-6-15-8-10(16)9-4-2-1-3-5-9/h9-11,15H,1-8H2. The molecule has 3 nitrogen and oxygen atoms in total. The molecular formula is C12H20Cl2N2O. The van der Waals surface area contributed by atoms with Crippen LogP contribution in [0.3, 0.4) is 0 Å². The van der Waals surface area contributed by atoms with Crippen LogP contribution in [0.1, 0.15) is 32.1 Å². The monoisotopic (exact) mass is 278 g/mol. The molecule has 1 atom stereocenters. The molecule has 1 aliphatic carbocycles. The summed E-state index contributed by atoms with van der Waals surface area (Å²) in [5.74, 6) is 0.498. The highest BCUT2D eigenvalue weighted by Gasteiger charge is 2.35. The van der Waals surface area contributed by atoms with Crippen molar-refractivity contribution in [1.82, 2.24) is 10.2 Å². The molecule has 2 rings (SSSR count). The van der Waals surface area contributed by atoms with Gasteiger partial charge in [0.1, 0.15) is 0 Å². The van der Waals surface area contributed by atoms with E-state index in [0.29, 0.717) is 5.92 Å². The smallest absolute Gasteiger partial charge is 0.256 e. The van der Waals surface area contributed by atoms with Crippen LogP contribution in [-0.2, 0) is 4.79 Å². The number of nitrogens with zero attached hydrogens (tertiary/aromatic N) is 1. The summed E-state index contributed by atoms with van der Waals surface area (Å²) < 4.78 is 0. The van der Waals surface area contributed by atoms with Gasteiger partial charge in [-0.05, 0) is 18.8 Å². The van der Waals surface area contributed by atoms with E-state index in [1.807, 2.05) is 4.90 Å². The molecule has 98 valence electrons. The van der Waals surface area contributed by atoms with Crippen LogP contribution in [0.2, 0.25) is 0 Å². The summed E-state index contributed by atoms with van der Waals surface area (Å²) in [5, 5.41) is 3.38. The van der Waals surface area contributed by atoms with Gasteiger partial charge in [-0.15, -0.1) is 0 Å². The van der Waals surface area contributed by atoms with Gasteiger partial charge in [-0.25, -0.2) is 0 Å². The lowest BCUT2D eigenvalue weighted by molar-refractivity contribution is -0.134. The topological polar surface area (TPSA) is 32.3 Å². The van der Waals surface area contributed by atoms with Gasteiger partial charge in [0.2, 0.25) is 0 Å². The van der Waals surface area contributed by atoms with E-state index in [4.69, 9.17) is 23.2 Å². The van der Waals surface area contributed by atoms with Gasteiger partial charge in [-0.1, -0.05) is 42.5 Å². The molecule has 5 heteroatoms. The Morgan fingerprint density at radius 1 is 1.24 bits per heavy atom. The van der Waals surface area contributed by atoms with Gasteiger partial charge in [-0.3, -0.25) is 4.79 Å². The fraction of sp³-hybridized carbons (Fsp3) is 0.917. The Morgan fingerprint density at radius 2 is 1.94 bits per heavy atom. The third kappa shape index (κ3) is 3.27. The van der Waals surface area contributed by atoms with Crippen LogP contribution >= 0.6 is 23.2 Å². The van der Waals surface area contributed by atoms with Crippen LogP contribution in [0.15, 0.2) is 0 Å². The van der Waals surface area contributed by atoms with Crippen molar-refractivity contribution in [2.24, 2.45) is 5.92 Å². The summed E-state index contributed by atoms with van der Waals surface area (Å²) in [5.41, 5.74) is 0. The average molecular weight is 279 g/mol. The minimum absolute atomic E-state index is 0.120. The molecule has 2 aliphatic rings. The second-order valence-corrected chi connectivity index (χ2v) is 6.10. The molecule has 1 amide bonds. The summed E-state index contributed by atoms with van der Waals surface area (Å²) in [6.07, 6.45) is 6.36. The number of nitrogens with one attached hydrogen (secondary N) is 1. The molecule has 0 aromatic heterocycles. The molecule has 1 heterocycles. The van der Waals surface area contributed by atoms with E-state index in [2.05, 4.69) is 5.32 Å². The summed E-state index contributed by atoms with van der Waals surface area (Å²) in [7, 11) is 0. The molecule has 1 N–H and O–H groups in total. The van der Waals surface area contributed by atoms with E-state index in [0.717, 1.165) is 19.6 Å². The quantitative estimate of drug-likeness (QED) is 0.786. The Hall–Kier alpha value is 0.01000. The second kappa shape index (κ2) is 6.26. The van der Waals surface area contributed by atoms with Crippen molar-refractivity contribution in [2.45, 2.75) is 43.0 Å². The molecule has 0 aromatic rings. The van der Waals surface area contributed by atoms with E-state index >= 15 is 0 Å². The number of rotatable bonds is 2. The average Bonchev–Trinajstić information content (AvgIpc) is 2.39. The Morgan fingerprint density at radius 3 is 2.59 bits per heavy atom. The summed E-state index contributed by atoms with van der Waals surface area (Å²) >= 11 is 11.4. The van der Waals surface area contributed by atoms with E-state index in [9.17, 15) is 4.79 Å². The predicted octanol–water partition coefficient (Wildman–Crippen LogP) is 2.17. The third-order valence-electron chi connectivity index (χ3n) is 3.95. The number of hydrogen-bond acceptors (Lipinski definition) is 2. The first-order valence-corrected chi connectivity index (χ1v) is 7.37. The molecule has 0 aromatic carbocycles. The molecule has 17 heavy (non-hydrogen) atoms. The zero-order valence-corrected chi connectivity index (χ0v) is 11.5. The molecular weight excluding hydrogens is 259 g/mol. The van der Waals surface area contributed by atoms with Crippen LogP contribution < -0.4 is 5.32 Å². The fourth-order valence-corrected chi connectivity index (χ4v) is 3.32. The zero-order chi connectivity index (χ0) is 12.3. The van der Waals surface area contributed by atoms with Crippen molar-refractivity contribution in [1.29, 1.82) is 0 Å². The first-order valence-electron chi connectivity index (χ1n) is 6.49. The van der Waals surface area contributed by atoms with Crippen molar-refractivity contribution >= 4 is 29.1 Å². The van der Waals surface area contributed by atoms with Gasteiger partial charge >= 0.3 is 0 Å². The van der Waals surface area contributed by atoms with Gasteiger partial charge in [0.15, 0.2) is 4.84 Å². The minimum atomic E-state index is -0.917. The highest BCUT2D eigenvalue weighted by Crippen LogP contribution is 2.30. The lowest BCUT2D eigenvalue weighted by Crippen LogP contribution is -2.57. The molecule has 1 unspecified atom stereocenters. The first kappa shape index (κ1) is 13.4. The van der Waals surface area contributed by atoms with Crippen LogP contribution in [-0.4, -0.2) is 41.3 Å². The van der Waals surface area contributed by atoms with E-state index in [-0.39, 0.29) is 11.9 Å². The predicted molar refractivity (Wildman–Crippen MR) is 70.4 cm³/mol. The third-order valence-corrected chi connectivity index (χ3v) is 4.32. The maximum atomic E-state index is 12.0. The molecule has 1 saturated heterocycles. The molecule has 0 bridgehead atoms. The first-order chi connectivity index (χ1) is 8.20. The summed E-state index contributed by atoms with van der Waals surface area (Å²) in [6.45, 7) is 2.46. The van der Waals surface area contributed by atoms with Crippen molar-refractivity contribution in [3.05, 3.63) is 0 Å². The van der Waals surface area contributed by atoms with E-state index in [1.165, 1.54) is 32.1 Å². The number of halogens is 2. The van der Waals surface area contributed by atoms with E-state index < -0.39 is 4.84 Å². The number of hydrogen-bond donors (Lipinski definition) is 1. The normalized spacial score (nSPS) is 27.5. The molecule has 1 aliphatic heterocycles. The van der Waals surface area contributed by atoms with Gasteiger partial charge in [-0.2, -0.15) is 0 Å². The van der Waals surface area contributed by atoms with Crippen LogP contribution in [0.5, 0.6) is 0 Å². The fourth-order valence-electron chi connectivity index (χ4n) is 3.06. The number of carbonyl (C=O) groups excluding carboxylic acids is 1. The SMILES string of the molecule is O=C(C(Cl)Cl)N1CCNCC1C1CCCCC1. The lowest BCUT2D eigenvalue weighted by atomic mass is 9.82. The van der Waals surface area contributed by atoms with Gasteiger partial charge < -0.3 is 10.2 Å². The van der Waals surface area contributed by atoms with Gasteiger partial charge in [0.25, 0.3) is 5.91 Å².